The molecule has 0 spiro atoms. The molecule has 2 bridgehead atoms. The Morgan fingerprint density at radius 3 is 2.79 bits per heavy atom. The maximum atomic E-state index is 14.2. The smallest absolute Gasteiger partial charge is 0.270 e. The summed E-state index contributed by atoms with van der Waals surface area (Å²) in [5, 5.41) is 14.5. The molecule has 0 unspecified atom stereocenters. The van der Waals surface area contributed by atoms with Crippen LogP contribution in [0.25, 0.3) is 11.1 Å². The molecule has 7 heteroatoms. The SMILES string of the molecule is Cl.O=[N+]([O-])c1cccc(-c2cc([C@H]3C[C@@H]4CC[C@H]3N4)cnc2F)c1. The summed E-state index contributed by atoms with van der Waals surface area (Å²) in [6.45, 7) is 0. The molecular weight excluding hydrogens is 333 g/mol. The second kappa shape index (κ2) is 6.45. The van der Waals surface area contributed by atoms with Crippen molar-refractivity contribution in [3.05, 3.63) is 58.2 Å². The number of non-ortho nitro benzene ring substituents is 1. The van der Waals surface area contributed by atoms with E-state index in [4.69, 9.17) is 0 Å². The normalized spacial score (nSPS) is 24.6. The molecule has 2 aliphatic heterocycles. The van der Waals surface area contributed by atoms with E-state index >= 15 is 0 Å². The topological polar surface area (TPSA) is 68.1 Å². The quantitative estimate of drug-likeness (QED) is 0.519. The lowest BCUT2D eigenvalue weighted by Crippen LogP contribution is -2.21. The summed E-state index contributed by atoms with van der Waals surface area (Å²) < 4.78 is 14.2. The average molecular weight is 350 g/mol. The van der Waals surface area contributed by atoms with Crippen LogP contribution in [-0.4, -0.2) is 22.0 Å². The van der Waals surface area contributed by atoms with Crippen LogP contribution in [0.3, 0.4) is 0 Å². The zero-order chi connectivity index (χ0) is 16.0. The number of benzene rings is 1. The van der Waals surface area contributed by atoms with Gasteiger partial charge in [0.15, 0.2) is 0 Å². The average Bonchev–Trinajstić information content (AvgIpc) is 3.18. The molecule has 0 saturated carbocycles. The first-order valence-electron chi connectivity index (χ1n) is 7.78. The Morgan fingerprint density at radius 2 is 2.12 bits per heavy atom. The summed E-state index contributed by atoms with van der Waals surface area (Å²) in [6.07, 6.45) is 4.99. The Bertz CT molecular complexity index is 786. The summed E-state index contributed by atoms with van der Waals surface area (Å²) in [4.78, 5) is 14.3. The van der Waals surface area contributed by atoms with Gasteiger partial charge in [0, 0.05) is 41.9 Å². The molecule has 1 aromatic carbocycles. The van der Waals surface area contributed by atoms with E-state index in [1.54, 1.807) is 24.4 Å². The largest absolute Gasteiger partial charge is 0.311 e. The third-order valence-electron chi connectivity index (χ3n) is 4.96. The van der Waals surface area contributed by atoms with E-state index in [0.717, 1.165) is 18.4 Å². The lowest BCUT2D eigenvalue weighted by molar-refractivity contribution is -0.384. The third kappa shape index (κ3) is 2.87. The van der Waals surface area contributed by atoms with Gasteiger partial charge in [-0.25, -0.2) is 4.98 Å². The summed E-state index contributed by atoms with van der Waals surface area (Å²) in [5.74, 6) is -0.246. The van der Waals surface area contributed by atoms with Gasteiger partial charge in [-0.15, -0.1) is 12.4 Å². The predicted molar refractivity (Wildman–Crippen MR) is 90.8 cm³/mol. The molecule has 126 valence electrons. The van der Waals surface area contributed by atoms with Crippen LogP contribution in [0.1, 0.15) is 30.7 Å². The van der Waals surface area contributed by atoms with Crippen LogP contribution in [0.4, 0.5) is 10.1 Å². The molecular formula is C17H17ClFN3O2. The fourth-order valence-corrected chi connectivity index (χ4v) is 3.85. The Kier molecular flexibility index (Phi) is 4.51. The fraction of sp³-hybridized carbons (Fsp3) is 0.353. The molecule has 0 aliphatic carbocycles. The molecule has 0 radical (unpaired) electrons. The van der Waals surface area contributed by atoms with Crippen molar-refractivity contribution >= 4 is 18.1 Å². The molecule has 3 atom stereocenters. The van der Waals surface area contributed by atoms with E-state index in [9.17, 15) is 14.5 Å². The standard InChI is InChI=1S/C17H16FN3O2.ClH/c18-17-15(10-2-1-3-13(6-10)21(22)23)7-11(9-19-17)14-8-12-4-5-16(14)20-12;/h1-3,6-7,9,12,14,16,20H,4-5,8H2;1H/t12-,14+,16+;/m0./s1. The highest BCUT2D eigenvalue weighted by Gasteiger charge is 2.40. The molecule has 2 aromatic rings. The second-order valence-electron chi connectivity index (χ2n) is 6.30. The molecule has 0 amide bonds. The first-order valence-corrected chi connectivity index (χ1v) is 7.78. The molecule has 24 heavy (non-hydrogen) atoms. The van der Waals surface area contributed by atoms with Gasteiger partial charge in [-0.05, 0) is 36.5 Å². The summed E-state index contributed by atoms with van der Waals surface area (Å²) in [7, 11) is 0. The molecule has 2 fully saturated rings. The van der Waals surface area contributed by atoms with Gasteiger partial charge in [-0.3, -0.25) is 10.1 Å². The predicted octanol–water partition coefficient (Wildman–Crippen LogP) is 3.83. The maximum absolute atomic E-state index is 14.2. The number of nitro groups is 1. The summed E-state index contributed by atoms with van der Waals surface area (Å²) in [6, 6.07) is 8.83. The monoisotopic (exact) mass is 349 g/mol. The van der Waals surface area contributed by atoms with Crippen LogP contribution in [-0.2, 0) is 0 Å². The van der Waals surface area contributed by atoms with E-state index in [1.165, 1.54) is 18.6 Å². The van der Waals surface area contributed by atoms with Gasteiger partial charge < -0.3 is 5.32 Å². The van der Waals surface area contributed by atoms with Gasteiger partial charge in [0.05, 0.1) is 4.92 Å². The summed E-state index contributed by atoms with van der Waals surface area (Å²) in [5.41, 5.74) is 1.78. The number of pyridine rings is 1. The Labute approximate surface area is 144 Å². The van der Waals surface area contributed by atoms with E-state index in [0.29, 0.717) is 29.1 Å². The van der Waals surface area contributed by atoms with Crippen molar-refractivity contribution in [2.24, 2.45) is 0 Å². The van der Waals surface area contributed by atoms with E-state index in [-0.39, 0.29) is 18.1 Å². The van der Waals surface area contributed by atoms with Gasteiger partial charge in [-0.1, -0.05) is 12.1 Å². The Balaban J connectivity index is 0.00000169. The van der Waals surface area contributed by atoms with Crippen LogP contribution in [0.5, 0.6) is 0 Å². The van der Waals surface area contributed by atoms with Crippen LogP contribution < -0.4 is 5.32 Å². The van der Waals surface area contributed by atoms with Crippen LogP contribution in [0.15, 0.2) is 36.5 Å². The maximum Gasteiger partial charge on any atom is 0.270 e. The van der Waals surface area contributed by atoms with Crippen molar-refractivity contribution in [1.29, 1.82) is 0 Å². The first-order chi connectivity index (χ1) is 11.1. The van der Waals surface area contributed by atoms with Crippen LogP contribution in [0, 0.1) is 16.1 Å². The van der Waals surface area contributed by atoms with Crippen molar-refractivity contribution in [2.45, 2.75) is 37.3 Å². The highest BCUT2D eigenvalue weighted by molar-refractivity contribution is 5.85. The number of hydrogen-bond acceptors (Lipinski definition) is 4. The number of nitrogens with one attached hydrogen (secondary N) is 1. The number of fused-ring (bicyclic) bond motifs is 2. The molecule has 3 heterocycles. The van der Waals surface area contributed by atoms with Crippen molar-refractivity contribution in [3.63, 3.8) is 0 Å². The number of halogens is 2. The van der Waals surface area contributed by atoms with Gasteiger partial charge in [0.2, 0.25) is 5.95 Å². The molecule has 2 aliphatic rings. The summed E-state index contributed by atoms with van der Waals surface area (Å²) >= 11 is 0. The number of rotatable bonds is 3. The minimum atomic E-state index is -0.592. The zero-order valence-electron chi connectivity index (χ0n) is 12.8. The number of hydrogen-bond donors (Lipinski definition) is 1. The number of nitro benzene ring substituents is 1. The van der Waals surface area contributed by atoms with E-state index < -0.39 is 10.9 Å². The fourth-order valence-electron chi connectivity index (χ4n) is 3.85. The lowest BCUT2D eigenvalue weighted by Gasteiger charge is -2.20. The third-order valence-corrected chi connectivity index (χ3v) is 4.96. The van der Waals surface area contributed by atoms with Crippen molar-refractivity contribution in [1.82, 2.24) is 10.3 Å². The van der Waals surface area contributed by atoms with Crippen molar-refractivity contribution < 1.29 is 9.31 Å². The molecule has 1 aromatic heterocycles. The lowest BCUT2D eigenvalue weighted by atomic mass is 9.84. The minimum absolute atomic E-state index is 0. The highest BCUT2D eigenvalue weighted by Crippen LogP contribution is 2.40. The molecule has 4 rings (SSSR count). The van der Waals surface area contributed by atoms with Gasteiger partial charge >= 0.3 is 0 Å². The molecule has 2 saturated heterocycles. The molecule has 1 N–H and O–H groups in total. The van der Waals surface area contributed by atoms with Crippen LogP contribution >= 0.6 is 12.4 Å². The highest BCUT2D eigenvalue weighted by atomic mass is 35.5. The van der Waals surface area contributed by atoms with Gasteiger partial charge in [-0.2, -0.15) is 4.39 Å². The van der Waals surface area contributed by atoms with Crippen molar-refractivity contribution in [3.8, 4) is 11.1 Å². The minimum Gasteiger partial charge on any atom is -0.311 e. The first kappa shape index (κ1) is 16.8. The molecule has 5 nitrogen and oxygen atoms in total. The van der Waals surface area contributed by atoms with Crippen molar-refractivity contribution in [2.75, 3.05) is 0 Å². The number of aromatic nitrogens is 1. The Morgan fingerprint density at radius 1 is 1.29 bits per heavy atom. The number of nitrogens with zero attached hydrogens (tertiary/aromatic N) is 2. The van der Waals surface area contributed by atoms with Crippen LogP contribution in [0.2, 0.25) is 0 Å². The van der Waals surface area contributed by atoms with Gasteiger partial charge in [0.25, 0.3) is 5.69 Å². The Hall–Kier alpha value is -2.05. The second-order valence-corrected chi connectivity index (χ2v) is 6.30. The zero-order valence-corrected chi connectivity index (χ0v) is 13.6. The van der Waals surface area contributed by atoms with E-state index in [2.05, 4.69) is 10.3 Å². The van der Waals surface area contributed by atoms with Gasteiger partial charge in [0.1, 0.15) is 0 Å². The van der Waals surface area contributed by atoms with E-state index in [1.807, 2.05) is 0 Å².